The van der Waals surface area contributed by atoms with Crippen LogP contribution < -0.4 is 0 Å². The topological polar surface area (TPSA) is 52.6 Å². The van der Waals surface area contributed by atoms with Gasteiger partial charge < -0.3 is 8.92 Å². The van der Waals surface area contributed by atoms with Gasteiger partial charge in [0.15, 0.2) is 5.76 Å². The number of hydrogen-bond donors (Lipinski definition) is 0. The molecule has 0 atom stereocenters. The molecule has 0 N–H and O–H groups in total. The highest BCUT2D eigenvalue weighted by Gasteiger charge is 2.17. The highest BCUT2D eigenvalue weighted by molar-refractivity contribution is 9.11. The predicted molar refractivity (Wildman–Crippen MR) is 68.3 cm³/mol. The number of aryl methyl sites for hydroxylation is 1. The molecule has 0 saturated carbocycles. The monoisotopic (exact) mass is 320 g/mol. The highest BCUT2D eigenvalue weighted by atomic mass is 79.9. The van der Waals surface area contributed by atoms with Gasteiger partial charge in [-0.05, 0) is 19.1 Å². The van der Waals surface area contributed by atoms with Gasteiger partial charge in [-0.25, -0.2) is 0 Å². The van der Waals surface area contributed by atoms with Crippen molar-refractivity contribution < 1.29 is 17.3 Å². The second-order valence-corrected chi connectivity index (χ2v) is 5.36. The van der Waals surface area contributed by atoms with Crippen molar-refractivity contribution in [2.45, 2.75) is 11.8 Å². The summed E-state index contributed by atoms with van der Waals surface area (Å²) in [5, 5.41) is 0. The molecule has 0 fully saturated rings. The molecule has 4 nitrogen and oxygen atoms in total. The third-order valence-corrected chi connectivity index (χ3v) is 3.73. The van der Waals surface area contributed by atoms with Gasteiger partial charge in [0.2, 0.25) is 0 Å². The highest BCUT2D eigenvalue weighted by Crippen LogP contribution is 2.17. The van der Waals surface area contributed by atoms with Crippen LogP contribution in [0.15, 0.2) is 39.9 Å². The Morgan fingerprint density at radius 3 is 2.41 bits per heavy atom. The first-order valence-electron chi connectivity index (χ1n) is 4.79. The number of hydrogen-bond acceptors (Lipinski definition) is 4. The molecule has 0 spiro atoms. The molecule has 0 bridgehead atoms. The molecule has 0 amide bonds. The van der Waals surface area contributed by atoms with E-state index in [-0.39, 0.29) is 17.3 Å². The minimum atomic E-state index is -3.79. The van der Waals surface area contributed by atoms with Crippen molar-refractivity contribution in [3.05, 3.63) is 40.6 Å². The first-order chi connectivity index (χ1) is 7.99. The fourth-order valence-corrected chi connectivity index (χ4v) is 2.40. The maximum absolute atomic E-state index is 11.8. The molecule has 0 heterocycles. The van der Waals surface area contributed by atoms with Crippen molar-refractivity contribution in [2.75, 3.05) is 13.7 Å². The molecule has 0 radical (unpaired) electrons. The van der Waals surface area contributed by atoms with Crippen LogP contribution in [-0.2, 0) is 19.0 Å². The quantitative estimate of drug-likeness (QED) is 0.618. The second-order valence-electron chi connectivity index (χ2n) is 3.36. The first-order valence-corrected chi connectivity index (χ1v) is 7.11. The third kappa shape index (κ3) is 4.14. The molecule has 1 rings (SSSR count). The summed E-state index contributed by atoms with van der Waals surface area (Å²) >= 11 is 3.02. The Labute approximate surface area is 109 Å². The van der Waals surface area contributed by atoms with Crippen LogP contribution in [0, 0.1) is 6.92 Å². The zero-order valence-electron chi connectivity index (χ0n) is 9.51. The molecule has 0 aliphatic carbocycles. The Morgan fingerprint density at radius 2 is 1.94 bits per heavy atom. The normalized spacial score (nSPS) is 12.5. The van der Waals surface area contributed by atoms with E-state index in [1.54, 1.807) is 12.1 Å². The lowest BCUT2D eigenvalue weighted by atomic mass is 10.2. The van der Waals surface area contributed by atoms with E-state index in [2.05, 4.69) is 15.9 Å². The largest absolute Gasteiger partial charge is 0.380 e. The fraction of sp³-hybridized carbons (Fsp3) is 0.273. The zero-order valence-corrected chi connectivity index (χ0v) is 11.9. The number of methoxy groups -OCH3 is 1. The Morgan fingerprint density at radius 1 is 1.35 bits per heavy atom. The van der Waals surface area contributed by atoms with E-state index < -0.39 is 10.1 Å². The van der Waals surface area contributed by atoms with Crippen molar-refractivity contribution >= 4 is 26.0 Å². The molecule has 17 heavy (non-hydrogen) atoms. The lowest BCUT2D eigenvalue weighted by Crippen LogP contribution is -2.09. The molecular weight excluding hydrogens is 308 g/mol. The Balaban J connectivity index is 2.92. The molecule has 0 unspecified atom stereocenters. The van der Waals surface area contributed by atoms with E-state index in [0.717, 1.165) is 5.56 Å². The van der Waals surface area contributed by atoms with Crippen molar-refractivity contribution in [1.29, 1.82) is 0 Å². The van der Waals surface area contributed by atoms with E-state index in [4.69, 9.17) is 8.92 Å². The molecule has 0 saturated heterocycles. The smallest absolute Gasteiger partial charge is 0.338 e. The standard InChI is InChI=1S/C11H13BrO4S/c1-9-3-5-11(6-4-9)17(13,14)16-10(7-12)8-15-2/h3-7H,8H2,1-2H3/b10-7+. The van der Waals surface area contributed by atoms with Crippen LogP contribution >= 0.6 is 15.9 Å². The van der Waals surface area contributed by atoms with Gasteiger partial charge in [-0.1, -0.05) is 33.6 Å². The van der Waals surface area contributed by atoms with Crippen LogP contribution in [0.3, 0.4) is 0 Å². The fourth-order valence-electron chi connectivity index (χ4n) is 1.11. The number of ether oxygens (including phenoxy) is 1. The number of halogens is 1. The van der Waals surface area contributed by atoms with E-state index in [0.29, 0.717) is 0 Å². The van der Waals surface area contributed by atoms with Crippen LogP contribution in [0.4, 0.5) is 0 Å². The first kappa shape index (κ1) is 14.2. The summed E-state index contributed by atoms with van der Waals surface area (Å²) in [6, 6.07) is 6.43. The van der Waals surface area contributed by atoms with Gasteiger partial charge in [0.1, 0.15) is 11.5 Å². The van der Waals surface area contributed by atoms with Gasteiger partial charge in [0, 0.05) is 12.1 Å². The molecule has 0 aromatic heterocycles. The SMILES string of the molecule is COC/C(=C\Br)OS(=O)(=O)c1ccc(C)cc1. The summed E-state index contributed by atoms with van der Waals surface area (Å²) in [7, 11) is -2.33. The third-order valence-electron chi connectivity index (χ3n) is 1.93. The van der Waals surface area contributed by atoms with Gasteiger partial charge >= 0.3 is 10.1 Å². The average molecular weight is 321 g/mol. The molecule has 1 aromatic rings. The predicted octanol–water partition coefficient (Wildman–Crippen LogP) is 2.58. The van der Waals surface area contributed by atoms with Crippen molar-refractivity contribution in [3.63, 3.8) is 0 Å². The van der Waals surface area contributed by atoms with Crippen LogP contribution in [0.2, 0.25) is 0 Å². The number of rotatable bonds is 5. The Hall–Kier alpha value is -0.850. The summed E-state index contributed by atoms with van der Waals surface area (Å²) in [6.45, 7) is 1.96. The van der Waals surface area contributed by atoms with Crippen molar-refractivity contribution in [2.24, 2.45) is 0 Å². The van der Waals surface area contributed by atoms with Gasteiger partial charge in [-0.3, -0.25) is 0 Å². The van der Waals surface area contributed by atoms with E-state index in [1.165, 1.54) is 24.2 Å². The van der Waals surface area contributed by atoms with Crippen molar-refractivity contribution in [1.82, 2.24) is 0 Å². The lowest BCUT2D eigenvalue weighted by molar-refractivity contribution is 0.191. The van der Waals surface area contributed by atoms with E-state index >= 15 is 0 Å². The maximum Gasteiger partial charge on any atom is 0.338 e. The van der Waals surface area contributed by atoms with Crippen LogP contribution in [-0.4, -0.2) is 22.1 Å². The summed E-state index contributed by atoms with van der Waals surface area (Å²) in [5.74, 6) is 0.188. The van der Waals surface area contributed by atoms with Gasteiger partial charge in [-0.2, -0.15) is 8.42 Å². The van der Waals surface area contributed by atoms with Gasteiger partial charge in [0.25, 0.3) is 0 Å². The summed E-state index contributed by atoms with van der Waals surface area (Å²) in [6.07, 6.45) is 0. The van der Waals surface area contributed by atoms with Crippen LogP contribution in [0.1, 0.15) is 5.56 Å². The summed E-state index contributed by atoms with van der Waals surface area (Å²) < 4.78 is 33.4. The molecule has 1 aromatic carbocycles. The number of benzene rings is 1. The van der Waals surface area contributed by atoms with Crippen LogP contribution in [0.5, 0.6) is 0 Å². The molecule has 94 valence electrons. The Bertz CT molecular complexity index is 491. The minimum Gasteiger partial charge on any atom is -0.380 e. The van der Waals surface area contributed by atoms with E-state index in [9.17, 15) is 8.42 Å². The van der Waals surface area contributed by atoms with Crippen LogP contribution in [0.25, 0.3) is 0 Å². The van der Waals surface area contributed by atoms with Crippen molar-refractivity contribution in [3.8, 4) is 0 Å². The second kappa shape index (κ2) is 6.18. The summed E-state index contributed by atoms with van der Waals surface area (Å²) in [5.41, 5.74) is 0.983. The zero-order chi connectivity index (χ0) is 12.9. The molecule has 6 heteroatoms. The molecule has 0 aliphatic heterocycles. The lowest BCUT2D eigenvalue weighted by Gasteiger charge is -2.09. The van der Waals surface area contributed by atoms with Gasteiger partial charge in [-0.15, -0.1) is 0 Å². The van der Waals surface area contributed by atoms with Gasteiger partial charge in [0.05, 0.1) is 0 Å². The minimum absolute atomic E-state index is 0.0797. The Kier molecular flexibility index (Phi) is 5.17. The molecular formula is C11H13BrO4S. The summed E-state index contributed by atoms with van der Waals surface area (Å²) in [4.78, 5) is 1.49. The average Bonchev–Trinajstić information content (AvgIpc) is 2.28. The molecule has 0 aliphatic rings. The maximum atomic E-state index is 11.8. The van der Waals surface area contributed by atoms with E-state index in [1.807, 2.05) is 6.92 Å².